The lowest BCUT2D eigenvalue weighted by Gasteiger charge is -2.11. The topological polar surface area (TPSA) is 72.3 Å². The number of aromatic nitrogens is 6. The van der Waals surface area contributed by atoms with Crippen molar-refractivity contribution in [1.82, 2.24) is 30.2 Å². The monoisotopic (exact) mass is 498 g/mol. The number of halogens is 3. The summed E-state index contributed by atoms with van der Waals surface area (Å²) in [7, 11) is 0. The molecule has 168 valence electrons. The lowest BCUT2D eigenvalue weighted by molar-refractivity contribution is 0.804. The molecule has 0 fully saturated rings. The minimum absolute atomic E-state index is 0. The molecular weight excluding hydrogens is 479 g/mol. The van der Waals surface area contributed by atoms with Crippen LogP contribution in [-0.4, -0.2) is 30.2 Å². The largest absolute Gasteiger partial charge is 0.339 e. The van der Waals surface area contributed by atoms with Gasteiger partial charge >= 0.3 is 0 Å². The first-order valence-corrected chi connectivity index (χ1v) is 11.1. The third-order valence-corrected chi connectivity index (χ3v) is 6.46. The molecule has 0 aliphatic rings. The van der Waals surface area contributed by atoms with Gasteiger partial charge in [0.2, 0.25) is 5.82 Å². The zero-order chi connectivity index (χ0) is 22.2. The summed E-state index contributed by atoms with van der Waals surface area (Å²) in [4.78, 5) is 4.47. The molecule has 3 heterocycles. The molecule has 0 saturated heterocycles. The third kappa shape index (κ3) is 4.22. The maximum Gasteiger partial charge on any atom is 0.205 e. The molecule has 0 radical (unpaired) electrons. The first kappa shape index (κ1) is 23.2. The lowest BCUT2D eigenvalue weighted by atomic mass is 9.98. The Morgan fingerprint density at radius 1 is 1.00 bits per heavy atom. The van der Waals surface area contributed by atoms with E-state index < -0.39 is 0 Å². The van der Waals surface area contributed by atoms with Crippen LogP contribution in [0.2, 0.25) is 10.2 Å². The van der Waals surface area contributed by atoms with E-state index in [4.69, 9.17) is 23.2 Å². The van der Waals surface area contributed by atoms with Gasteiger partial charge in [-0.25, -0.2) is 4.98 Å². The van der Waals surface area contributed by atoms with Gasteiger partial charge in [-0.3, -0.25) is 0 Å². The van der Waals surface area contributed by atoms with Gasteiger partial charge in [0, 0.05) is 23.5 Å². The average Bonchev–Trinajstić information content (AvgIpc) is 3.43. The Bertz CT molecular complexity index is 1410. The molecule has 33 heavy (non-hydrogen) atoms. The maximum absolute atomic E-state index is 6.62. The van der Waals surface area contributed by atoms with Crippen LogP contribution in [0.1, 0.15) is 23.9 Å². The van der Waals surface area contributed by atoms with Gasteiger partial charge in [0.25, 0.3) is 0 Å². The smallest absolute Gasteiger partial charge is 0.205 e. The van der Waals surface area contributed by atoms with Crippen LogP contribution in [0.3, 0.4) is 0 Å². The van der Waals surface area contributed by atoms with E-state index >= 15 is 0 Å². The molecular formula is C24H21Cl3N6. The van der Waals surface area contributed by atoms with Gasteiger partial charge in [-0.1, -0.05) is 78.7 Å². The molecule has 0 bridgehead atoms. The number of fused-ring (bicyclic) bond motifs is 1. The van der Waals surface area contributed by atoms with Crippen LogP contribution in [0.15, 0.2) is 54.6 Å². The van der Waals surface area contributed by atoms with Gasteiger partial charge < -0.3 is 4.57 Å². The first-order valence-electron chi connectivity index (χ1n) is 10.3. The number of benzene rings is 2. The van der Waals surface area contributed by atoms with Gasteiger partial charge in [0.1, 0.15) is 5.15 Å². The fourth-order valence-corrected chi connectivity index (χ4v) is 4.65. The predicted octanol–water partition coefficient (Wildman–Crippen LogP) is 6.53. The molecule has 0 atom stereocenters. The van der Waals surface area contributed by atoms with Crippen LogP contribution in [-0.2, 0) is 13.0 Å². The third-order valence-electron chi connectivity index (χ3n) is 5.72. The highest BCUT2D eigenvalue weighted by Crippen LogP contribution is 2.36. The van der Waals surface area contributed by atoms with Gasteiger partial charge in [0.15, 0.2) is 0 Å². The number of pyridine rings is 1. The molecule has 0 aliphatic carbocycles. The Hall–Kier alpha value is -2.93. The molecule has 0 saturated carbocycles. The van der Waals surface area contributed by atoms with E-state index in [1.165, 1.54) is 0 Å². The maximum atomic E-state index is 6.62. The van der Waals surface area contributed by atoms with E-state index in [1.54, 1.807) is 0 Å². The second-order valence-corrected chi connectivity index (χ2v) is 8.35. The minimum atomic E-state index is 0. The molecule has 0 spiro atoms. The number of hydrogen-bond acceptors (Lipinski definition) is 4. The fourth-order valence-electron chi connectivity index (χ4n) is 4.01. The van der Waals surface area contributed by atoms with E-state index in [-0.39, 0.29) is 12.4 Å². The molecule has 5 rings (SSSR count). The van der Waals surface area contributed by atoms with E-state index in [2.05, 4.69) is 73.5 Å². The number of nitrogens with one attached hydrogen (secondary N) is 1. The number of tetrazole rings is 1. The highest BCUT2D eigenvalue weighted by Gasteiger charge is 2.18. The van der Waals surface area contributed by atoms with Gasteiger partial charge in [-0.2, -0.15) is 5.21 Å². The first-order chi connectivity index (χ1) is 15.6. The molecule has 0 amide bonds. The van der Waals surface area contributed by atoms with Crippen LogP contribution in [0.25, 0.3) is 33.4 Å². The SMILES string of the molecule is CCc1cc2c(c(Cl)n1)c(Cl)c(C)n2Cc1ccc(-c2ccccc2-c2nn[nH]n2)cc1.Cl. The Kier molecular flexibility index (Phi) is 6.70. The molecule has 3 aromatic heterocycles. The molecule has 2 aromatic carbocycles. The normalized spacial score (nSPS) is 11.0. The molecule has 0 unspecified atom stereocenters. The average molecular weight is 500 g/mol. The van der Waals surface area contributed by atoms with Gasteiger partial charge in [0.05, 0.1) is 15.9 Å². The number of nitrogens with zero attached hydrogens (tertiary/aromatic N) is 5. The van der Waals surface area contributed by atoms with Crippen molar-refractivity contribution in [3.8, 4) is 22.5 Å². The van der Waals surface area contributed by atoms with Crippen molar-refractivity contribution in [2.45, 2.75) is 26.8 Å². The molecule has 9 heteroatoms. The van der Waals surface area contributed by atoms with Crippen molar-refractivity contribution in [3.63, 3.8) is 0 Å². The zero-order valence-corrected chi connectivity index (χ0v) is 20.3. The molecule has 6 nitrogen and oxygen atoms in total. The number of H-pyrrole nitrogens is 1. The Morgan fingerprint density at radius 3 is 2.39 bits per heavy atom. The van der Waals surface area contributed by atoms with Crippen molar-refractivity contribution in [1.29, 1.82) is 0 Å². The summed E-state index contributed by atoms with van der Waals surface area (Å²) in [5, 5.41) is 16.4. The van der Waals surface area contributed by atoms with Crippen molar-refractivity contribution in [2.75, 3.05) is 0 Å². The van der Waals surface area contributed by atoms with E-state index in [9.17, 15) is 0 Å². The summed E-state index contributed by atoms with van der Waals surface area (Å²) in [6, 6.07) is 18.6. The summed E-state index contributed by atoms with van der Waals surface area (Å²) < 4.78 is 2.20. The molecule has 0 aliphatic heterocycles. The summed E-state index contributed by atoms with van der Waals surface area (Å²) in [6.07, 6.45) is 0.811. The summed E-state index contributed by atoms with van der Waals surface area (Å²) in [6.45, 7) is 4.77. The van der Waals surface area contributed by atoms with E-state index in [0.717, 1.165) is 51.0 Å². The zero-order valence-electron chi connectivity index (χ0n) is 18.0. The van der Waals surface area contributed by atoms with E-state index in [1.807, 2.05) is 25.1 Å². The number of aryl methyl sites for hydroxylation is 1. The van der Waals surface area contributed by atoms with Gasteiger partial charge in [-0.15, -0.1) is 22.6 Å². The van der Waals surface area contributed by atoms with Crippen molar-refractivity contribution in [3.05, 3.63) is 81.7 Å². The van der Waals surface area contributed by atoms with Crippen LogP contribution >= 0.6 is 35.6 Å². The Labute approximate surface area is 207 Å². The fraction of sp³-hybridized carbons (Fsp3) is 0.167. The number of hydrogen-bond donors (Lipinski definition) is 1. The van der Waals surface area contributed by atoms with Crippen LogP contribution in [0, 0.1) is 6.92 Å². The predicted molar refractivity (Wildman–Crippen MR) is 135 cm³/mol. The van der Waals surface area contributed by atoms with Crippen molar-refractivity contribution in [2.24, 2.45) is 0 Å². The van der Waals surface area contributed by atoms with Crippen LogP contribution in [0.5, 0.6) is 0 Å². The van der Waals surface area contributed by atoms with Crippen molar-refractivity contribution < 1.29 is 0 Å². The summed E-state index contributed by atoms with van der Waals surface area (Å²) in [5.74, 6) is 0.575. The second kappa shape index (κ2) is 9.51. The quantitative estimate of drug-likeness (QED) is 0.279. The van der Waals surface area contributed by atoms with Crippen molar-refractivity contribution >= 4 is 46.5 Å². The van der Waals surface area contributed by atoms with Crippen LogP contribution in [0.4, 0.5) is 0 Å². The van der Waals surface area contributed by atoms with Crippen LogP contribution < -0.4 is 0 Å². The highest BCUT2D eigenvalue weighted by molar-refractivity contribution is 6.42. The highest BCUT2D eigenvalue weighted by atomic mass is 35.5. The second-order valence-electron chi connectivity index (χ2n) is 7.62. The van der Waals surface area contributed by atoms with E-state index in [0.29, 0.717) is 22.5 Å². The Morgan fingerprint density at radius 2 is 1.73 bits per heavy atom. The number of rotatable bonds is 5. The Balaban J connectivity index is 0.00000259. The molecule has 5 aromatic rings. The van der Waals surface area contributed by atoms with Gasteiger partial charge in [-0.05, 0) is 41.3 Å². The standard InChI is InChI=1S/C24H20Cl2N6.ClH/c1-3-17-12-20-21(23(26)27-17)22(25)14(2)32(20)13-15-8-10-16(11-9-15)18-6-4-5-7-19(18)24-28-30-31-29-24;/h4-12H,3,13H2,1-2H3,(H,28,29,30,31);1H. The summed E-state index contributed by atoms with van der Waals surface area (Å²) >= 11 is 13.1. The number of aromatic amines is 1. The minimum Gasteiger partial charge on any atom is -0.339 e. The molecule has 1 N–H and O–H groups in total. The lowest BCUT2D eigenvalue weighted by Crippen LogP contribution is -2.02. The summed E-state index contributed by atoms with van der Waals surface area (Å²) in [5.41, 5.74) is 7.17.